The molecule has 0 atom stereocenters. The minimum absolute atomic E-state index is 0.136. The van der Waals surface area contributed by atoms with Crippen molar-refractivity contribution in [1.29, 1.82) is 5.26 Å². The first kappa shape index (κ1) is 11.5. The lowest BCUT2D eigenvalue weighted by Crippen LogP contribution is -2.35. The maximum Gasteiger partial charge on any atom is 0.0992 e. The van der Waals surface area contributed by atoms with Crippen molar-refractivity contribution in [3.63, 3.8) is 0 Å². The fraction of sp³-hybridized carbons (Fsp3) is 0.417. The van der Waals surface area contributed by atoms with Gasteiger partial charge in [0.2, 0.25) is 0 Å². The Labute approximate surface area is 90.7 Å². The number of rotatable bonds is 4. The quantitative estimate of drug-likeness (QED) is 0.819. The molecular weight excluding hydrogens is 188 g/mol. The van der Waals surface area contributed by atoms with Crippen LogP contribution in [0.5, 0.6) is 0 Å². The van der Waals surface area contributed by atoms with E-state index in [0.29, 0.717) is 12.2 Å². The van der Waals surface area contributed by atoms with Crippen molar-refractivity contribution in [3.8, 4) is 6.07 Å². The van der Waals surface area contributed by atoms with Crippen molar-refractivity contribution in [3.05, 3.63) is 29.8 Å². The lowest BCUT2D eigenvalue weighted by molar-refractivity contribution is 0.158. The van der Waals surface area contributed by atoms with E-state index in [-0.39, 0.29) is 5.54 Å². The molecular formula is C12H16N2O. The van der Waals surface area contributed by atoms with Gasteiger partial charge in [0.25, 0.3) is 0 Å². The second-order valence-corrected chi connectivity index (χ2v) is 4.13. The van der Waals surface area contributed by atoms with E-state index in [1.807, 2.05) is 18.2 Å². The number of benzene rings is 1. The summed E-state index contributed by atoms with van der Waals surface area (Å²) in [7, 11) is 1.68. The van der Waals surface area contributed by atoms with Crippen molar-refractivity contribution < 1.29 is 4.74 Å². The molecule has 0 aromatic heterocycles. The van der Waals surface area contributed by atoms with Gasteiger partial charge in [-0.3, -0.25) is 0 Å². The normalized spacial score (nSPS) is 10.8. The molecule has 0 aliphatic heterocycles. The summed E-state index contributed by atoms with van der Waals surface area (Å²) >= 11 is 0. The molecule has 0 radical (unpaired) electrons. The molecule has 0 unspecified atom stereocenters. The van der Waals surface area contributed by atoms with E-state index in [0.717, 1.165) is 5.69 Å². The number of hydrogen-bond donors (Lipinski definition) is 1. The van der Waals surface area contributed by atoms with Crippen molar-refractivity contribution in [2.24, 2.45) is 0 Å². The topological polar surface area (TPSA) is 45.0 Å². The van der Waals surface area contributed by atoms with Crippen molar-refractivity contribution in [2.45, 2.75) is 19.4 Å². The Morgan fingerprint density at radius 2 is 2.20 bits per heavy atom. The van der Waals surface area contributed by atoms with E-state index in [4.69, 9.17) is 10.00 Å². The van der Waals surface area contributed by atoms with Gasteiger partial charge in [0.05, 0.1) is 23.8 Å². The fourth-order valence-electron chi connectivity index (χ4n) is 1.45. The first-order valence-corrected chi connectivity index (χ1v) is 4.85. The van der Waals surface area contributed by atoms with Gasteiger partial charge in [-0.1, -0.05) is 6.07 Å². The van der Waals surface area contributed by atoms with E-state index < -0.39 is 0 Å². The minimum Gasteiger partial charge on any atom is -0.382 e. The summed E-state index contributed by atoms with van der Waals surface area (Å²) in [6.07, 6.45) is 0. The summed E-state index contributed by atoms with van der Waals surface area (Å²) in [5.74, 6) is 0. The van der Waals surface area contributed by atoms with Crippen LogP contribution in [-0.4, -0.2) is 19.3 Å². The van der Waals surface area contributed by atoms with Crippen molar-refractivity contribution >= 4 is 5.69 Å². The highest BCUT2D eigenvalue weighted by Gasteiger charge is 2.16. The van der Waals surface area contributed by atoms with Crippen molar-refractivity contribution in [1.82, 2.24) is 0 Å². The van der Waals surface area contributed by atoms with Gasteiger partial charge in [-0.05, 0) is 32.0 Å². The van der Waals surface area contributed by atoms with Crippen LogP contribution in [0.15, 0.2) is 24.3 Å². The number of anilines is 1. The van der Waals surface area contributed by atoms with E-state index in [1.165, 1.54) is 0 Å². The van der Waals surface area contributed by atoms with Gasteiger partial charge >= 0.3 is 0 Å². The van der Waals surface area contributed by atoms with Crippen LogP contribution < -0.4 is 5.32 Å². The monoisotopic (exact) mass is 204 g/mol. The largest absolute Gasteiger partial charge is 0.382 e. The Morgan fingerprint density at radius 1 is 1.47 bits per heavy atom. The lowest BCUT2D eigenvalue weighted by Gasteiger charge is -2.26. The van der Waals surface area contributed by atoms with Gasteiger partial charge in [-0.2, -0.15) is 5.26 Å². The molecule has 3 heteroatoms. The number of nitrogens with one attached hydrogen (secondary N) is 1. The third kappa shape index (κ3) is 3.61. The van der Waals surface area contributed by atoms with Crippen LogP contribution in [0.25, 0.3) is 0 Å². The Balaban J connectivity index is 2.76. The Kier molecular flexibility index (Phi) is 3.70. The maximum absolute atomic E-state index is 8.76. The molecule has 0 fully saturated rings. The van der Waals surface area contributed by atoms with Crippen molar-refractivity contribution in [2.75, 3.05) is 19.0 Å². The Morgan fingerprint density at radius 3 is 2.80 bits per heavy atom. The molecule has 0 bridgehead atoms. The van der Waals surface area contributed by atoms with Crippen LogP contribution in [0.3, 0.4) is 0 Å². The summed E-state index contributed by atoms with van der Waals surface area (Å²) in [5, 5.41) is 12.1. The average Bonchev–Trinajstić information content (AvgIpc) is 2.17. The SMILES string of the molecule is COCC(C)(C)Nc1cccc(C#N)c1. The number of nitriles is 1. The fourth-order valence-corrected chi connectivity index (χ4v) is 1.45. The molecule has 15 heavy (non-hydrogen) atoms. The molecule has 0 amide bonds. The number of hydrogen-bond acceptors (Lipinski definition) is 3. The van der Waals surface area contributed by atoms with Gasteiger partial charge in [0, 0.05) is 12.8 Å². The third-order valence-electron chi connectivity index (χ3n) is 1.98. The molecule has 0 aliphatic rings. The predicted molar refractivity (Wildman–Crippen MR) is 60.7 cm³/mol. The highest BCUT2D eigenvalue weighted by atomic mass is 16.5. The highest BCUT2D eigenvalue weighted by Crippen LogP contribution is 2.16. The van der Waals surface area contributed by atoms with E-state index >= 15 is 0 Å². The molecule has 3 nitrogen and oxygen atoms in total. The van der Waals surface area contributed by atoms with Crippen LogP contribution in [-0.2, 0) is 4.74 Å². The van der Waals surface area contributed by atoms with Gasteiger partial charge in [-0.15, -0.1) is 0 Å². The highest BCUT2D eigenvalue weighted by molar-refractivity contribution is 5.50. The van der Waals surface area contributed by atoms with Gasteiger partial charge < -0.3 is 10.1 Å². The molecule has 1 N–H and O–H groups in total. The molecule has 0 saturated carbocycles. The summed E-state index contributed by atoms with van der Waals surface area (Å²) < 4.78 is 5.11. The summed E-state index contributed by atoms with van der Waals surface area (Å²) in [6, 6.07) is 9.54. The molecule has 0 aliphatic carbocycles. The Hall–Kier alpha value is -1.53. The molecule has 0 heterocycles. The van der Waals surface area contributed by atoms with Crippen LogP contribution in [0.2, 0.25) is 0 Å². The molecule has 0 saturated heterocycles. The molecule has 80 valence electrons. The summed E-state index contributed by atoms with van der Waals surface area (Å²) in [6.45, 7) is 4.72. The smallest absolute Gasteiger partial charge is 0.0992 e. The van der Waals surface area contributed by atoms with Crippen LogP contribution in [0, 0.1) is 11.3 Å². The molecule has 1 aromatic rings. The minimum atomic E-state index is -0.136. The maximum atomic E-state index is 8.76. The molecule has 1 aromatic carbocycles. The standard InChI is InChI=1S/C12H16N2O/c1-12(2,9-15-3)14-11-6-4-5-10(7-11)8-13/h4-7,14H,9H2,1-3H3. The number of ether oxygens (including phenoxy) is 1. The zero-order valence-electron chi connectivity index (χ0n) is 9.37. The summed E-state index contributed by atoms with van der Waals surface area (Å²) in [4.78, 5) is 0. The summed E-state index contributed by atoms with van der Waals surface area (Å²) in [5.41, 5.74) is 1.47. The zero-order valence-corrected chi connectivity index (χ0v) is 9.37. The van der Waals surface area contributed by atoms with Crippen LogP contribution in [0.4, 0.5) is 5.69 Å². The first-order chi connectivity index (χ1) is 7.07. The van der Waals surface area contributed by atoms with E-state index in [1.54, 1.807) is 13.2 Å². The van der Waals surface area contributed by atoms with E-state index in [9.17, 15) is 0 Å². The molecule has 0 spiro atoms. The average molecular weight is 204 g/mol. The predicted octanol–water partition coefficient (Wildman–Crippen LogP) is 2.40. The number of nitrogens with zero attached hydrogens (tertiary/aromatic N) is 1. The van der Waals surface area contributed by atoms with Gasteiger partial charge in [0.15, 0.2) is 0 Å². The van der Waals surface area contributed by atoms with E-state index in [2.05, 4.69) is 25.2 Å². The second-order valence-electron chi connectivity index (χ2n) is 4.13. The lowest BCUT2D eigenvalue weighted by atomic mass is 10.1. The first-order valence-electron chi connectivity index (χ1n) is 4.85. The van der Waals surface area contributed by atoms with Crippen LogP contribution in [0.1, 0.15) is 19.4 Å². The van der Waals surface area contributed by atoms with Gasteiger partial charge in [0.1, 0.15) is 0 Å². The van der Waals surface area contributed by atoms with Crippen LogP contribution >= 0.6 is 0 Å². The third-order valence-corrected chi connectivity index (χ3v) is 1.98. The zero-order chi connectivity index (χ0) is 11.3. The second kappa shape index (κ2) is 4.81. The molecule has 1 rings (SSSR count). The van der Waals surface area contributed by atoms with Gasteiger partial charge in [-0.25, -0.2) is 0 Å². The Bertz CT molecular complexity index is 366. The number of methoxy groups -OCH3 is 1.